The number of aliphatic hydroxyl groups is 1. The summed E-state index contributed by atoms with van der Waals surface area (Å²) in [6.45, 7) is 8.64. The van der Waals surface area contributed by atoms with E-state index in [0.29, 0.717) is 12.3 Å². The molecule has 2 atom stereocenters. The van der Waals surface area contributed by atoms with Crippen molar-refractivity contribution in [2.75, 3.05) is 6.61 Å². The molecule has 130 valence electrons. The Hall–Kier alpha value is -1.36. The molecule has 1 aromatic rings. The second-order valence-corrected chi connectivity index (χ2v) is 7.29. The van der Waals surface area contributed by atoms with E-state index < -0.39 is 0 Å². The number of hydrogen-bond acceptors (Lipinski definition) is 4. The summed E-state index contributed by atoms with van der Waals surface area (Å²) < 4.78 is 5.21. The van der Waals surface area contributed by atoms with Crippen LogP contribution >= 0.6 is 0 Å². The third kappa shape index (κ3) is 3.94. The lowest BCUT2D eigenvalue weighted by molar-refractivity contribution is -0.129. The summed E-state index contributed by atoms with van der Waals surface area (Å²) in [5.74, 6) is 1.54. The molecule has 0 aliphatic heterocycles. The highest BCUT2D eigenvalue weighted by atomic mass is 16.5. The molecular weight excluding hydrogens is 292 g/mol. The summed E-state index contributed by atoms with van der Waals surface area (Å²) in [6.07, 6.45) is 4.15. The minimum Gasteiger partial charge on any atom is -0.396 e. The van der Waals surface area contributed by atoms with Gasteiger partial charge in [-0.2, -0.15) is 0 Å². The summed E-state index contributed by atoms with van der Waals surface area (Å²) in [5, 5.41) is 16.3. The average molecular weight is 322 g/mol. The predicted molar refractivity (Wildman–Crippen MR) is 88.9 cm³/mol. The van der Waals surface area contributed by atoms with E-state index in [1.165, 1.54) is 0 Å². The zero-order valence-electron chi connectivity index (χ0n) is 14.8. The van der Waals surface area contributed by atoms with Gasteiger partial charge < -0.3 is 14.9 Å². The first-order valence-corrected chi connectivity index (χ1v) is 8.78. The Kier molecular flexibility index (Phi) is 5.84. The Morgan fingerprint density at radius 3 is 2.74 bits per heavy atom. The zero-order valence-corrected chi connectivity index (χ0v) is 14.8. The zero-order chi connectivity index (χ0) is 17.0. The first-order valence-electron chi connectivity index (χ1n) is 8.78. The molecule has 23 heavy (non-hydrogen) atoms. The van der Waals surface area contributed by atoms with E-state index in [-0.39, 0.29) is 29.9 Å². The topological polar surface area (TPSA) is 75.4 Å². The van der Waals surface area contributed by atoms with Crippen LogP contribution in [0, 0.1) is 17.3 Å². The van der Waals surface area contributed by atoms with E-state index in [2.05, 4.69) is 38.2 Å². The molecule has 1 saturated carbocycles. The van der Waals surface area contributed by atoms with Gasteiger partial charge in [-0.25, -0.2) is 0 Å². The van der Waals surface area contributed by atoms with Crippen molar-refractivity contribution in [3.63, 3.8) is 0 Å². The number of carbonyl (C=O) groups excluding carboxylic acids is 1. The molecule has 1 aliphatic rings. The highest BCUT2D eigenvalue weighted by Crippen LogP contribution is 2.47. The van der Waals surface area contributed by atoms with Crippen LogP contribution in [-0.2, 0) is 17.6 Å². The molecule has 0 spiro atoms. The molecule has 1 heterocycles. The number of aliphatic hydroxyl groups excluding tert-OH is 1. The largest absolute Gasteiger partial charge is 0.396 e. The van der Waals surface area contributed by atoms with Gasteiger partial charge in [0.05, 0.1) is 12.3 Å². The molecular formula is C18H30N2O3. The Morgan fingerprint density at radius 1 is 1.48 bits per heavy atom. The lowest BCUT2D eigenvalue weighted by atomic mass is 9.57. The molecule has 0 aromatic carbocycles. The van der Waals surface area contributed by atoms with Crippen LogP contribution in [0.2, 0.25) is 0 Å². The van der Waals surface area contributed by atoms with Gasteiger partial charge in [0.1, 0.15) is 5.76 Å². The van der Waals surface area contributed by atoms with E-state index in [1.807, 2.05) is 6.07 Å². The Labute approximate surface area is 138 Å². The minimum absolute atomic E-state index is 0.0672. The summed E-state index contributed by atoms with van der Waals surface area (Å²) in [5.41, 5.74) is 1.01. The fourth-order valence-corrected chi connectivity index (χ4v) is 3.49. The van der Waals surface area contributed by atoms with Gasteiger partial charge in [-0.05, 0) is 37.0 Å². The number of carbonyl (C=O) groups is 1. The van der Waals surface area contributed by atoms with Gasteiger partial charge in [-0.3, -0.25) is 4.79 Å². The van der Waals surface area contributed by atoms with Crippen LogP contribution in [-0.4, -0.2) is 28.8 Å². The van der Waals surface area contributed by atoms with Crippen molar-refractivity contribution in [3.05, 3.63) is 17.5 Å². The van der Waals surface area contributed by atoms with Crippen molar-refractivity contribution >= 4 is 5.91 Å². The van der Waals surface area contributed by atoms with Crippen molar-refractivity contribution in [3.8, 4) is 0 Å². The van der Waals surface area contributed by atoms with Crippen LogP contribution < -0.4 is 5.32 Å². The summed E-state index contributed by atoms with van der Waals surface area (Å²) >= 11 is 0. The number of amides is 1. The third-order valence-corrected chi connectivity index (χ3v) is 5.56. The molecule has 0 bridgehead atoms. The fourth-order valence-electron chi connectivity index (χ4n) is 3.49. The van der Waals surface area contributed by atoms with E-state index in [9.17, 15) is 4.79 Å². The number of nitrogens with zero attached hydrogens (tertiary/aromatic N) is 1. The van der Waals surface area contributed by atoms with Crippen LogP contribution in [0.5, 0.6) is 0 Å². The molecule has 1 aliphatic carbocycles. The number of hydrogen-bond donors (Lipinski definition) is 2. The van der Waals surface area contributed by atoms with Crippen molar-refractivity contribution in [1.29, 1.82) is 0 Å². The van der Waals surface area contributed by atoms with Crippen molar-refractivity contribution in [1.82, 2.24) is 10.5 Å². The lowest BCUT2D eigenvalue weighted by Crippen LogP contribution is -2.59. The number of rotatable bonds is 8. The van der Waals surface area contributed by atoms with E-state index in [0.717, 1.165) is 37.1 Å². The number of nitrogens with one attached hydrogen (secondary N) is 1. The molecule has 1 aromatic heterocycles. The van der Waals surface area contributed by atoms with Gasteiger partial charge in [-0.15, -0.1) is 0 Å². The van der Waals surface area contributed by atoms with Gasteiger partial charge in [0.15, 0.2) is 0 Å². The van der Waals surface area contributed by atoms with Crippen LogP contribution in [0.4, 0.5) is 0 Å². The first-order chi connectivity index (χ1) is 10.9. The standard InChI is InChI=1S/C18H30N2O3/c1-5-12(6-2)17(22)19-16-10-13(18(16,3)4)9-14-11-15(7-8-21)23-20-14/h11-13,16,21H,5-10H2,1-4H3,(H,19,22)/t13-,16+/m1/s1. The quantitative estimate of drug-likeness (QED) is 0.771. The molecule has 0 unspecified atom stereocenters. The molecule has 0 saturated heterocycles. The van der Waals surface area contributed by atoms with Gasteiger partial charge in [0.25, 0.3) is 0 Å². The maximum Gasteiger partial charge on any atom is 0.223 e. The molecule has 1 amide bonds. The summed E-state index contributed by atoms with van der Waals surface area (Å²) in [6, 6.07) is 2.17. The second kappa shape index (κ2) is 7.47. The monoisotopic (exact) mass is 322 g/mol. The van der Waals surface area contributed by atoms with Gasteiger partial charge in [0.2, 0.25) is 5.91 Å². The molecule has 1 fully saturated rings. The van der Waals surface area contributed by atoms with E-state index in [1.54, 1.807) is 0 Å². The fraction of sp³-hybridized carbons (Fsp3) is 0.778. The molecule has 2 N–H and O–H groups in total. The van der Waals surface area contributed by atoms with Crippen LogP contribution in [0.25, 0.3) is 0 Å². The Bertz CT molecular complexity index is 520. The maximum atomic E-state index is 12.3. The van der Waals surface area contributed by atoms with Crippen molar-refractivity contribution in [2.45, 2.75) is 65.8 Å². The Balaban J connectivity index is 1.89. The minimum atomic E-state index is 0.0672. The average Bonchev–Trinajstić information content (AvgIpc) is 2.95. The van der Waals surface area contributed by atoms with E-state index in [4.69, 9.17) is 9.63 Å². The van der Waals surface area contributed by atoms with Gasteiger partial charge >= 0.3 is 0 Å². The second-order valence-electron chi connectivity index (χ2n) is 7.29. The van der Waals surface area contributed by atoms with Crippen molar-refractivity contribution in [2.24, 2.45) is 17.3 Å². The number of aromatic nitrogens is 1. The summed E-state index contributed by atoms with van der Waals surface area (Å²) in [7, 11) is 0. The van der Waals surface area contributed by atoms with Gasteiger partial charge in [0, 0.05) is 24.4 Å². The smallest absolute Gasteiger partial charge is 0.223 e. The van der Waals surface area contributed by atoms with Crippen LogP contribution in [0.3, 0.4) is 0 Å². The normalized spacial score (nSPS) is 22.9. The van der Waals surface area contributed by atoms with Crippen LogP contribution in [0.1, 0.15) is 58.4 Å². The lowest BCUT2D eigenvalue weighted by Gasteiger charge is -2.52. The third-order valence-electron chi connectivity index (χ3n) is 5.56. The first kappa shape index (κ1) is 18.0. The molecule has 0 radical (unpaired) electrons. The van der Waals surface area contributed by atoms with Gasteiger partial charge in [-0.1, -0.05) is 32.9 Å². The predicted octanol–water partition coefficient (Wildman–Crippen LogP) is 2.72. The SMILES string of the molecule is CCC(CC)C(=O)N[C@H]1C[C@@H](Cc2cc(CCO)on2)C1(C)C. The van der Waals surface area contributed by atoms with Crippen LogP contribution in [0.15, 0.2) is 10.6 Å². The molecule has 5 heteroatoms. The molecule has 5 nitrogen and oxygen atoms in total. The maximum absolute atomic E-state index is 12.3. The Morgan fingerprint density at radius 2 is 2.17 bits per heavy atom. The highest BCUT2D eigenvalue weighted by Gasteiger charge is 2.48. The van der Waals surface area contributed by atoms with E-state index >= 15 is 0 Å². The highest BCUT2D eigenvalue weighted by molar-refractivity contribution is 5.79. The summed E-state index contributed by atoms with van der Waals surface area (Å²) in [4.78, 5) is 12.3. The molecule has 2 rings (SSSR count). The van der Waals surface area contributed by atoms with Crippen molar-refractivity contribution < 1.29 is 14.4 Å².